The molecule has 0 bridgehead atoms. The smallest absolute Gasteiger partial charge is 0.0701 e. The first-order valence-corrected chi connectivity index (χ1v) is 7.32. The highest BCUT2D eigenvalue weighted by atomic mass is 79.9. The van der Waals surface area contributed by atoms with Crippen LogP contribution in [0.15, 0.2) is 15.9 Å². The van der Waals surface area contributed by atoms with Gasteiger partial charge in [0.25, 0.3) is 0 Å². The summed E-state index contributed by atoms with van der Waals surface area (Å²) in [5, 5.41) is 3.41. The largest absolute Gasteiger partial charge is 0.381 e. The van der Waals surface area contributed by atoms with Crippen LogP contribution in [0.3, 0.4) is 0 Å². The molecule has 0 aliphatic carbocycles. The minimum absolute atomic E-state index is 0.636. The molecule has 0 aromatic carbocycles. The van der Waals surface area contributed by atoms with Gasteiger partial charge < -0.3 is 10.1 Å². The highest BCUT2D eigenvalue weighted by Crippen LogP contribution is 2.21. The predicted molar refractivity (Wildman–Crippen MR) is 74.0 cm³/mol. The van der Waals surface area contributed by atoms with E-state index >= 15 is 0 Å². The standard InChI is InChI=1S/C12H20BrNOS/c1-10(2)9-15-7-3-6-14-8-11-4-5-12(13)16-11/h4-5,10,14H,3,6-9H2,1-2H3. The fraction of sp³-hybridized carbons (Fsp3) is 0.667. The molecule has 0 saturated heterocycles. The molecule has 0 atom stereocenters. The molecule has 0 radical (unpaired) electrons. The Morgan fingerprint density at radius 2 is 2.25 bits per heavy atom. The summed E-state index contributed by atoms with van der Waals surface area (Å²) in [5.74, 6) is 0.636. The zero-order chi connectivity index (χ0) is 11.8. The second-order valence-corrected chi connectivity index (χ2v) is 6.75. The van der Waals surface area contributed by atoms with Crippen molar-refractivity contribution in [2.24, 2.45) is 5.92 Å². The summed E-state index contributed by atoms with van der Waals surface area (Å²) in [6, 6.07) is 4.24. The molecule has 0 amide bonds. The first-order valence-electron chi connectivity index (χ1n) is 5.71. The third-order valence-corrected chi connectivity index (χ3v) is 3.65. The second kappa shape index (κ2) is 8.23. The molecule has 16 heavy (non-hydrogen) atoms. The van der Waals surface area contributed by atoms with Gasteiger partial charge in [-0.15, -0.1) is 11.3 Å². The molecule has 0 saturated carbocycles. The van der Waals surface area contributed by atoms with Gasteiger partial charge in [0.1, 0.15) is 0 Å². The van der Waals surface area contributed by atoms with Crippen LogP contribution in [0, 0.1) is 5.92 Å². The van der Waals surface area contributed by atoms with E-state index in [1.165, 1.54) is 8.66 Å². The Bertz CT molecular complexity index is 288. The summed E-state index contributed by atoms with van der Waals surface area (Å²) in [4.78, 5) is 1.37. The lowest BCUT2D eigenvalue weighted by atomic mass is 10.2. The van der Waals surface area contributed by atoms with E-state index < -0.39 is 0 Å². The molecule has 1 aromatic heterocycles. The van der Waals surface area contributed by atoms with E-state index in [2.05, 4.69) is 47.2 Å². The molecule has 0 spiro atoms. The van der Waals surface area contributed by atoms with Gasteiger partial charge in [-0.25, -0.2) is 0 Å². The van der Waals surface area contributed by atoms with Crippen LogP contribution in [-0.4, -0.2) is 19.8 Å². The lowest BCUT2D eigenvalue weighted by molar-refractivity contribution is 0.108. The SMILES string of the molecule is CC(C)COCCCNCc1ccc(Br)s1. The number of nitrogens with one attached hydrogen (secondary N) is 1. The van der Waals surface area contributed by atoms with Crippen molar-refractivity contribution in [3.05, 3.63) is 20.8 Å². The van der Waals surface area contributed by atoms with Gasteiger partial charge in [-0.05, 0) is 46.9 Å². The van der Waals surface area contributed by atoms with Crippen LogP contribution in [0.25, 0.3) is 0 Å². The number of ether oxygens (including phenoxy) is 1. The van der Waals surface area contributed by atoms with E-state index in [-0.39, 0.29) is 0 Å². The molecule has 1 heterocycles. The molecule has 0 unspecified atom stereocenters. The Balaban J connectivity index is 1.92. The van der Waals surface area contributed by atoms with Crippen molar-refractivity contribution in [3.63, 3.8) is 0 Å². The molecule has 1 aromatic rings. The quantitative estimate of drug-likeness (QED) is 0.740. The maximum Gasteiger partial charge on any atom is 0.0701 e. The van der Waals surface area contributed by atoms with Crippen LogP contribution in [0.5, 0.6) is 0 Å². The first kappa shape index (κ1) is 14.2. The van der Waals surface area contributed by atoms with Crippen LogP contribution in [-0.2, 0) is 11.3 Å². The fourth-order valence-electron chi connectivity index (χ4n) is 1.28. The van der Waals surface area contributed by atoms with Crippen molar-refractivity contribution in [2.45, 2.75) is 26.8 Å². The minimum Gasteiger partial charge on any atom is -0.381 e. The zero-order valence-corrected chi connectivity index (χ0v) is 12.4. The van der Waals surface area contributed by atoms with Crippen molar-refractivity contribution >= 4 is 27.3 Å². The molecule has 1 N–H and O–H groups in total. The van der Waals surface area contributed by atoms with Crippen molar-refractivity contribution in [3.8, 4) is 0 Å². The van der Waals surface area contributed by atoms with Gasteiger partial charge in [0.05, 0.1) is 3.79 Å². The van der Waals surface area contributed by atoms with Crippen LogP contribution in [0.1, 0.15) is 25.1 Å². The van der Waals surface area contributed by atoms with Crippen LogP contribution in [0.2, 0.25) is 0 Å². The normalized spacial score (nSPS) is 11.2. The van der Waals surface area contributed by atoms with Crippen molar-refractivity contribution < 1.29 is 4.74 Å². The molecular weight excluding hydrogens is 286 g/mol. The minimum atomic E-state index is 0.636. The molecular formula is C12H20BrNOS. The lowest BCUT2D eigenvalue weighted by Gasteiger charge is -2.07. The van der Waals surface area contributed by atoms with Gasteiger partial charge in [0, 0.05) is 24.6 Å². The first-order chi connectivity index (χ1) is 7.68. The Hall–Kier alpha value is 0.1000. The Morgan fingerprint density at radius 1 is 1.44 bits per heavy atom. The summed E-state index contributed by atoms with van der Waals surface area (Å²) in [7, 11) is 0. The summed E-state index contributed by atoms with van der Waals surface area (Å²) in [6.07, 6.45) is 1.08. The summed E-state index contributed by atoms with van der Waals surface area (Å²) in [6.45, 7) is 8.06. The Labute approximate surface area is 111 Å². The van der Waals surface area contributed by atoms with E-state index in [1.807, 2.05) is 0 Å². The summed E-state index contributed by atoms with van der Waals surface area (Å²) >= 11 is 5.24. The van der Waals surface area contributed by atoms with Gasteiger partial charge in [0.15, 0.2) is 0 Å². The summed E-state index contributed by atoms with van der Waals surface area (Å²) < 4.78 is 6.71. The fourth-order valence-corrected chi connectivity index (χ4v) is 2.73. The Morgan fingerprint density at radius 3 is 2.88 bits per heavy atom. The number of halogens is 1. The van der Waals surface area contributed by atoms with E-state index in [0.29, 0.717) is 5.92 Å². The van der Waals surface area contributed by atoms with Crippen molar-refractivity contribution in [1.82, 2.24) is 5.32 Å². The van der Waals surface area contributed by atoms with E-state index in [9.17, 15) is 0 Å². The maximum atomic E-state index is 5.51. The molecule has 2 nitrogen and oxygen atoms in total. The van der Waals surface area contributed by atoms with Gasteiger partial charge in [0.2, 0.25) is 0 Å². The average Bonchev–Trinajstić information content (AvgIpc) is 2.62. The predicted octanol–water partition coefficient (Wildman–Crippen LogP) is 3.66. The maximum absolute atomic E-state index is 5.51. The van der Waals surface area contributed by atoms with Gasteiger partial charge >= 0.3 is 0 Å². The highest BCUT2D eigenvalue weighted by Gasteiger charge is 1.97. The van der Waals surface area contributed by atoms with Gasteiger partial charge in [-0.1, -0.05) is 13.8 Å². The zero-order valence-electron chi connectivity index (χ0n) is 9.96. The van der Waals surface area contributed by atoms with Gasteiger partial charge in [-0.3, -0.25) is 0 Å². The molecule has 1 rings (SSSR count). The number of rotatable bonds is 8. The number of hydrogen-bond donors (Lipinski definition) is 1. The van der Waals surface area contributed by atoms with Gasteiger partial charge in [-0.2, -0.15) is 0 Å². The monoisotopic (exact) mass is 305 g/mol. The third-order valence-electron chi connectivity index (χ3n) is 2.02. The Kier molecular flexibility index (Phi) is 7.28. The van der Waals surface area contributed by atoms with E-state index in [0.717, 1.165) is 32.7 Å². The highest BCUT2D eigenvalue weighted by molar-refractivity contribution is 9.11. The molecule has 0 aliphatic heterocycles. The molecule has 4 heteroatoms. The van der Waals surface area contributed by atoms with E-state index in [1.54, 1.807) is 11.3 Å². The number of thiophene rings is 1. The summed E-state index contributed by atoms with van der Waals surface area (Å²) in [5.41, 5.74) is 0. The average molecular weight is 306 g/mol. The second-order valence-electron chi connectivity index (χ2n) is 4.20. The molecule has 92 valence electrons. The molecule has 0 fully saturated rings. The van der Waals surface area contributed by atoms with Crippen molar-refractivity contribution in [1.29, 1.82) is 0 Å². The van der Waals surface area contributed by atoms with Crippen molar-refractivity contribution in [2.75, 3.05) is 19.8 Å². The van der Waals surface area contributed by atoms with Crippen LogP contribution < -0.4 is 5.32 Å². The van der Waals surface area contributed by atoms with Crippen LogP contribution in [0.4, 0.5) is 0 Å². The van der Waals surface area contributed by atoms with Crippen LogP contribution >= 0.6 is 27.3 Å². The lowest BCUT2D eigenvalue weighted by Crippen LogP contribution is -2.16. The molecule has 0 aliphatic rings. The number of hydrogen-bond acceptors (Lipinski definition) is 3. The topological polar surface area (TPSA) is 21.3 Å². The third kappa shape index (κ3) is 6.63. The van der Waals surface area contributed by atoms with E-state index in [4.69, 9.17) is 4.74 Å².